The van der Waals surface area contributed by atoms with E-state index in [4.69, 9.17) is 4.74 Å². The maximum atomic E-state index is 14.8. The molecule has 1 N–H and O–H groups in total. The molecule has 0 aromatic heterocycles. The van der Waals surface area contributed by atoms with E-state index in [1.807, 2.05) is 0 Å². The zero-order valence-electron chi connectivity index (χ0n) is 13.0. The normalized spacial score (nSPS) is 31.8. The van der Waals surface area contributed by atoms with Crippen LogP contribution < -0.4 is 5.32 Å². The first-order chi connectivity index (χ1) is 9.76. The van der Waals surface area contributed by atoms with Crippen LogP contribution in [0.25, 0.3) is 0 Å². The molecule has 0 aromatic rings. The van der Waals surface area contributed by atoms with Crippen molar-refractivity contribution in [3.05, 3.63) is 0 Å². The Morgan fingerprint density at radius 1 is 1.43 bits per heavy atom. The molecule has 0 spiro atoms. The first-order valence-electron chi connectivity index (χ1n) is 7.71. The Balaban J connectivity index is 1.86. The SMILES string of the molecule is CC(F)(CC1CCCN(S(C)(=O)=O)C1)CC1COCCN1. The standard InChI is InChI=1S/C14H27FN2O3S/c1-14(15,9-13-11-20-7-5-16-13)8-12-4-3-6-17(10-12)21(2,18)19/h12-13,16H,3-11H2,1-2H3. The molecule has 3 unspecified atom stereocenters. The summed E-state index contributed by atoms with van der Waals surface area (Å²) in [6, 6.07) is 0.0587. The summed E-state index contributed by atoms with van der Waals surface area (Å²) in [6.07, 6.45) is 3.78. The lowest BCUT2D eigenvalue weighted by molar-refractivity contribution is 0.0369. The molecule has 2 fully saturated rings. The molecule has 7 heteroatoms. The number of halogens is 1. The molecule has 0 aromatic carbocycles. The van der Waals surface area contributed by atoms with Gasteiger partial charge in [-0.1, -0.05) is 0 Å². The Hall–Kier alpha value is -0.240. The van der Waals surface area contributed by atoms with E-state index < -0.39 is 15.7 Å². The van der Waals surface area contributed by atoms with Gasteiger partial charge in [0.25, 0.3) is 0 Å². The Morgan fingerprint density at radius 3 is 2.81 bits per heavy atom. The first kappa shape index (κ1) is 17.1. The van der Waals surface area contributed by atoms with E-state index in [1.165, 1.54) is 10.6 Å². The van der Waals surface area contributed by atoms with Crippen LogP contribution in [-0.2, 0) is 14.8 Å². The van der Waals surface area contributed by atoms with E-state index >= 15 is 0 Å². The minimum atomic E-state index is -3.16. The number of hydrogen-bond donors (Lipinski definition) is 1. The third kappa shape index (κ3) is 5.47. The van der Waals surface area contributed by atoms with Gasteiger partial charge in [0.1, 0.15) is 5.67 Å². The van der Waals surface area contributed by atoms with Gasteiger partial charge >= 0.3 is 0 Å². The number of nitrogens with zero attached hydrogens (tertiary/aromatic N) is 1. The molecule has 0 amide bonds. The Bertz CT molecular complexity index is 436. The van der Waals surface area contributed by atoms with Crippen molar-refractivity contribution >= 4 is 10.0 Å². The van der Waals surface area contributed by atoms with Crippen LogP contribution in [0.2, 0.25) is 0 Å². The summed E-state index contributed by atoms with van der Waals surface area (Å²) in [5.74, 6) is 0.105. The fraction of sp³-hybridized carbons (Fsp3) is 1.00. The highest BCUT2D eigenvalue weighted by Gasteiger charge is 2.34. The van der Waals surface area contributed by atoms with Crippen molar-refractivity contribution in [3.63, 3.8) is 0 Å². The quantitative estimate of drug-likeness (QED) is 0.825. The monoisotopic (exact) mass is 322 g/mol. The van der Waals surface area contributed by atoms with Crippen LogP contribution in [0.4, 0.5) is 4.39 Å². The number of alkyl halides is 1. The number of rotatable bonds is 5. The van der Waals surface area contributed by atoms with Gasteiger partial charge in [0.15, 0.2) is 0 Å². The molecule has 21 heavy (non-hydrogen) atoms. The molecule has 0 saturated carbocycles. The van der Waals surface area contributed by atoms with Gasteiger partial charge in [0, 0.05) is 25.7 Å². The molecule has 124 valence electrons. The maximum Gasteiger partial charge on any atom is 0.211 e. The lowest BCUT2D eigenvalue weighted by Gasteiger charge is -2.36. The van der Waals surface area contributed by atoms with Crippen LogP contribution in [-0.4, -0.2) is 63.5 Å². The second-order valence-electron chi connectivity index (χ2n) is 6.68. The summed E-state index contributed by atoms with van der Waals surface area (Å²) in [5.41, 5.74) is -1.29. The minimum Gasteiger partial charge on any atom is -0.379 e. The maximum absolute atomic E-state index is 14.8. The molecule has 3 atom stereocenters. The summed E-state index contributed by atoms with van der Waals surface area (Å²) >= 11 is 0. The van der Waals surface area contributed by atoms with Gasteiger partial charge in [-0.15, -0.1) is 0 Å². The van der Waals surface area contributed by atoms with Crippen LogP contribution in [0, 0.1) is 5.92 Å². The fourth-order valence-electron chi connectivity index (χ4n) is 3.44. The second kappa shape index (κ2) is 6.89. The highest BCUT2D eigenvalue weighted by Crippen LogP contribution is 2.32. The zero-order valence-corrected chi connectivity index (χ0v) is 13.8. The number of ether oxygens (including phenoxy) is 1. The number of sulfonamides is 1. The summed E-state index contributed by atoms with van der Waals surface area (Å²) in [5, 5.41) is 3.27. The lowest BCUT2D eigenvalue weighted by atomic mass is 9.84. The number of piperidine rings is 1. The van der Waals surface area contributed by atoms with Crippen LogP contribution in [0.1, 0.15) is 32.6 Å². The molecular weight excluding hydrogens is 295 g/mol. The van der Waals surface area contributed by atoms with E-state index in [-0.39, 0.29) is 12.0 Å². The molecule has 2 saturated heterocycles. The Labute approximate surface area is 127 Å². The topological polar surface area (TPSA) is 58.6 Å². The van der Waals surface area contributed by atoms with E-state index in [0.29, 0.717) is 39.1 Å². The number of morpholine rings is 1. The smallest absolute Gasteiger partial charge is 0.211 e. The largest absolute Gasteiger partial charge is 0.379 e. The number of nitrogens with one attached hydrogen (secondary N) is 1. The van der Waals surface area contributed by atoms with Gasteiger partial charge in [-0.3, -0.25) is 0 Å². The molecule has 2 rings (SSSR count). The summed E-state index contributed by atoms with van der Waals surface area (Å²) in [4.78, 5) is 0. The van der Waals surface area contributed by atoms with Crippen molar-refractivity contribution in [2.75, 3.05) is 39.1 Å². The van der Waals surface area contributed by atoms with Gasteiger partial charge in [0.2, 0.25) is 10.0 Å². The average Bonchev–Trinajstić information content (AvgIpc) is 2.38. The fourth-order valence-corrected chi connectivity index (χ4v) is 4.39. The van der Waals surface area contributed by atoms with Gasteiger partial charge in [-0.25, -0.2) is 17.1 Å². The van der Waals surface area contributed by atoms with E-state index in [2.05, 4.69) is 5.32 Å². The van der Waals surface area contributed by atoms with Gasteiger partial charge in [0.05, 0.1) is 19.5 Å². The summed E-state index contributed by atoms with van der Waals surface area (Å²) in [7, 11) is -3.16. The average molecular weight is 322 g/mol. The third-order valence-electron chi connectivity index (χ3n) is 4.34. The third-order valence-corrected chi connectivity index (χ3v) is 5.61. The van der Waals surface area contributed by atoms with Crippen LogP contribution >= 0.6 is 0 Å². The summed E-state index contributed by atoms with van der Waals surface area (Å²) < 4.78 is 44.9. The molecule has 2 aliphatic rings. The van der Waals surface area contributed by atoms with Crippen LogP contribution in [0.3, 0.4) is 0 Å². The summed E-state index contributed by atoms with van der Waals surface area (Å²) in [6.45, 7) is 4.66. The molecule has 2 heterocycles. The van der Waals surface area contributed by atoms with Crippen LogP contribution in [0.15, 0.2) is 0 Å². The first-order valence-corrected chi connectivity index (χ1v) is 9.56. The van der Waals surface area contributed by atoms with Gasteiger partial charge in [-0.05, 0) is 38.5 Å². The van der Waals surface area contributed by atoms with Crippen molar-refractivity contribution in [3.8, 4) is 0 Å². The Kier molecular flexibility index (Phi) is 5.62. The van der Waals surface area contributed by atoms with E-state index in [9.17, 15) is 12.8 Å². The predicted molar refractivity (Wildman–Crippen MR) is 80.5 cm³/mol. The Morgan fingerprint density at radius 2 is 2.19 bits per heavy atom. The molecule has 2 aliphatic heterocycles. The van der Waals surface area contributed by atoms with E-state index in [0.717, 1.165) is 19.4 Å². The van der Waals surface area contributed by atoms with Gasteiger partial charge < -0.3 is 10.1 Å². The van der Waals surface area contributed by atoms with E-state index in [1.54, 1.807) is 6.92 Å². The van der Waals surface area contributed by atoms with Crippen molar-refractivity contribution in [1.82, 2.24) is 9.62 Å². The van der Waals surface area contributed by atoms with Crippen molar-refractivity contribution < 1.29 is 17.5 Å². The van der Waals surface area contributed by atoms with Crippen molar-refractivity contribution in [1.29, 1.82) is 0 Å². The van der Waals surface area contributed by atoms with Crippen molar-refractivity contribution in [2.24, 2.45) is 5.92 Å². The number of hydrogen-bond acceptors (Lipinski definition) is 4. The lowest BCUT2D eigenvalue weighted by Crippen LogP contribution is -2.46. The molecule has 0 bridgehead atoms. The molecule has 0 aliphatic carbocycles. The molecule has 5 nitrogen and oxygen atoms in total. The second-order valence-corrected chi connectivity index (χ2v) is 8.66. The zero-order chi connectivity index (χ0) is 15.5. The predicted octanol–water partition coefficient (Wildman–Crippen LogP) is 1.15. The van der Waals surface area contributed by atoms with Gasteiger partial charge in [-0.2, -0.15) is 0 Å². The highest BCUT2D eigenvalue weighted by molar-refractivity contribution is 7.88. The van der Waals surface area contributed by atoms with Crippen LogP contribution in [0.5, 0.6) is 0 Å². The molecular formula is C14H27FN2O3S. The van der Waals surface area contributed by atoms with Crippen molar-refractivity contribution in [2.45, 2.75) is 44.3 Å². The highest BCUT2D eigenvalue weighted by atomic mass is 32.2. The minimum absolute atomic E-state index is 0.0587. The molecule has 0 radical (unpaired) electrons.